The molecule has 3 heteroatoms. The van der Waals surface area contributed by atoms with Gasteiger partial charge in [-0.05, 0) is 86.8 Å². The zero-order chi connectivity index (χ0) is 17.9. The summed E-state index contributed by atoms with van der Waals surface area (Å²) in [5.41, 5.74) is 7.24. The smallest absolute Gasteiger partial charge is 0.303 e. The van der Waals surface area contributed by atoms with Crippen LogP contribution in [0.4, 0.5) is 0 Å². The number of carboxylic acid groups (broad SMARTS) is 1. The summed E-state index contributed by atoms with van der Waals surface area (Å²) >= 11 is 0. The molecule has 3 nitrogen and oxygen atoms in total. The van der Waals surface area contributed by atoms with Gasteiger partial charge < -0.3 is 10.2 Å². The van der Waals surface area contributed by atoms with E-state index in [1.165, 1.54) is 33.4 Å². The molecule has 1 aliphatic carbocycles. The van der Waals surface area contributed by atoms with Crippen molar-refractivity contribution in [2.45, 2.75) is 91.1 Å². The SMILES string of the molecule is Cc1c(C)c(C)c2c(c1C)CCC2(O)CCCCCCCC(=O)O. The fourth-order valence-electron chi connectivity index (χ4n) is 4.26. The fourth-order valence-corrected chi connectivity index (χ4v) is 4.26. The van der Waals surface area contributed by atoms with Crippen LogP contribution in [0, 0.1) is 27.7 Å². The Morgan fingerprint density at radius 1 is 0.917 bits per heavy atom. The highest BCUT2D eigenvalue weighted by atomic mass is 16.4. The lowest BCUT2D eigenvalue weighted by Gasteiger charge is -2.28. The Kier molecular flexibility index (Phi) is 6.08. The standard InChI is InChI=1S/C21H32O3/c1-14-15(2)17(4)20-18(16(14)3)11-13-21(20,24)12-9-7-5-6-8-10-19(22)23/h24H,5-13H2,1-4H3,(H,22,23). The van der Waals surface area contributed by atoms with Crippen LogP contribution in [0.1, 0.15) is 84.7 Å². The van der Waals surface area contributed by atoms with E-state index in [1.54, 1.807) is 0 Å². The number of hydrogen-bond acceptors (Lipinski definition) is 2. The maximum atomic E-state index is 11.3. The first-order chi connectivity index (χ1) is 11.3. The number of carbonyl (C=O) groups is 1. The van der Waals surface area contributed by atoms with E-state index in [4.69, 9.17) is 5.11 Å². The maximum absolute atomic E-state index is 11.3. The van der Waals surface area contributed by atoms with Crippen molar-refractivity contribution in [1.29, 1.82) is 0 Å². The molecule has 0 aliphatic heterocycles. The summed E-state index contributed by atoms with van der Waals surface area (Å²) < 4.78 is 0. The molecule has 1 aromatic rings. The molecule has 1 aliphatic rings. The van der Waals surface area contributed by atoms with Crippen LogP contribution in [-0.2, 0) is 16.8 Å². The normalized spacial score (nSPS) is 19.5. The number of rotatable bonds is 8. The molecule has 0 amide bonds. The lowest BCUT2D eigenvalue weighted by Crippen LogP contribution is -2.24. The highest BCUT2D eigenvalue weighted by Crippen LogP contribution is 2.45. The lowest BCUT2D eigenvalue weighted by molar-refractivity contribution is -0.137. The van der Waals surface area contributed by atoms with Crippen molar-refractivity contribution in [3.63, 3.8) is 0 Å². The van der Waals surface area contributed by atoms with Gasteiger partial charge in [0.2, 0.25) is 0 Å². The Morgan fingerprint density at radius 3 is 2.17 bits per heavy atom. The number of carboxylic acids is 1. The maximum Gasteiger partial charge on any atom is 0.303 e. The van der Waals surface area contributed by atoms with E-state index < -0.39 is 11.6 Å². The van der Waals surface area contributed by atoms with E-state index in [1.807, 2.05) is 0 Å². The van der Waals surface area contributed by atoms with Crippen LogP contribution in [-0.4, -0.2) is 16.2 Å². The van der Waals surface area contributed by atoms with E-state index >= 15 is 0 Å². The lowest BCUT2D eigenvalue weighted by atomic mass is 9.83. The molecule has 24 heavy (non-hydrogen) atoms. The van der Waals surface area contributed by atoms with Crippen molar-refractivity contribution in [1.82, 2.24) is 0 Å². The van der Waals surface area contributed by atoms with Gasteiger partial charge in [-0.1, -0.05) is 25.7 Å². The summed E-state index contributed by atoms with van der Waals surface area (Å²) in [6.07, 6.45) is 7.78. The molecule has 0 aromatic heterocycles. The molecule has 0 saturated heterocycles. The van der Waals surface area contributed by atoms with Gasteiger partial charge in [0.1, 0.15) is 0 Å². The quantitative estimate of drug-likeness (QED) is 0.668. The van der Waals surface area contributed by atoms with Crippen molar-refractivity contribution in [3.05, 3.63) is 33.4 Å². The Labute approximate surface area is 146 Å². The summed E-state index contributed by atoms with van der Waals surface area (Å²) in [5, 5.41) is 19.9. The zero-order valence-corrected chi connectivity index (χ0v) is 15.7. The molecule has 1 atom stereocenters. The molecule has 0 spiro atoms. The molecule has 2 N–H and O–H groups in total. The van der Waals surface area contributed by atoms with E-state index in [0.717, 1.165) is 51.4 Å². The molecule has 0 saturated carbocycles. The first kappa shape index (κ1) is 19.0. The number of fused-ring (bicyclic) bond motifs is 1. The van der Waals surface area contributed by atoms with Crippen molar-refractivity contribution in [3.8, 4) is 0 Å². The van der Waals surface area contributed by atoms with Gasteiger partial charge in [-0.25, -0.2) is 0 Å². The average molecular weight is 332 g/mol. The second-order valence-corrected chi connectivity index (χ2v) is 7.55. The van der Waals surface area contributed by atoms with Gasteiger partial charge in [0.05, 0.1) is 5.60 Å². The van der Waals surface area contributed by atoms with Gasteiger partial charge in [-0.15, -0.1) is 0 Å². The second kappa shape index (κ2) is 7.69. The van der Waals surface area contributed by atoms with Gasteiger partial charge in [-0.2, -0.15) is 0 Å². The van der Waals surface area contributed by atoms with Crippen LogP contribution >= 0.6 is 0 Å². The summed E-state index contributed by atoms with van der Waals surface area (Å²) in [6.45, 7) is 8.70. The van der Waals surface area contributed by atoms with Gasteiger partial charge in [0, 0.05) is 6.42 Å². The molecular formula is C21H32O3. The summed E-state index contributed by atoms with van der Waals surface area (Å²) in [6, 6.07) is 0. The Balaban J connectivity index is 1.96. The number of hydrogen-bond donors (Lipinski definition) is 2. The van der Waals surface area contributed by atoms with Gasteiger partial charge >= 0.3 is 5.97 Å². The summed E-state index contributed by atoms with van der Waals surface area (Å²) in [7, 11) is 0. The third-order valence-corrected chi connectivity index (χ3v) is 6.05. The van der Waals surface area contributed by atoms with Crippen LogP contribution in [0.5, 0.6) is 0 Å². The molecular weight excluding hydrogens is 300 g/mol. The zero-order valence-electron chi connectivity index (χ0n) is 15.7. The highest BCUT2D eigenvalue weighted by Gasteiger charge is 2.39. The Hall–Kier alpha value is -1.35. The summed E-state index contributed by atoms with van der Waals surface area (Å²) in [5.74, 6) is -0.705. The molecule has 2 rings (SSSR count). The molecule has 0 radical (unpaired) electrons. The van der Waals surface area contributed by atoms with Crippen molar-refractivity contribution in [2.75, 3.05) is 0 Å². The number of aliphatic carboxylic acids is 1. The van der Waals surface area contributed by atoms with Crippen LogP contribution < -0.4 is 0 Å². The van der Waals surface area contributed by atoms with Crippen LogP contribution in [0.25, 0.3) is 0 Å². The molecule has 134 valence electrons. The predicted molar refractivity (Wildman–Crippen MR) is 97.6 cm³/mol. The van der Waals surface area contributed by atoms with E-state index in [9.17, 15) is 9.90 Å². The third-order valence-electron chi connectivity index (χ3n) is 6.05. The molecule has 0 fully saturated rings. The number of aliphatic hydroxyl groups is 1. The molecule has 0 bridgehead atoms. The third kappa shape index (κ3) is 3.83. The van der Waals surface area contributed by atoms with E-state index in [-0.39, 0.29) is 6.42 Å². The minimum atomic E-state index is -0.705. The van der Waals surface area contributed by atoms with Crippen molar-refractivity contribution < 1.29 is 15.0 Å². The van der Waals surface area contributed by atoms with Crippen molar-refractivity contribution >= 4 is 5.97 Å². The van der Waals surface area contributed by atoms with Crippen LogP contribution in [0.2, 0.25) is 0 Å². The monoisotopic (exact) mass is 332 g/mol. The predicted octanol–water partition coefficient (Wildman–Crippen LogP) is 4.87. The number of unbranched alkanes of at least 4 members (excludes halogenated alkanes) is 4. The first-order valence-corrected chi connectivity index (χ1v) is 9.32. The van der Waals surface area contributed by atoms with Crippen molar-refractivity contribution in [2.24, 2.45) is 0 Å². The van der Waals surface area contributed by atoms with E-state index in [2.05, 4.69) is 27.7 Å². The largest absolute Gasteiger partial charge is 0.481 e. The van der Waals surface area contributed by atoms with Gasteiger partial charge in [-0.3, -0.25) is 4.79 Å². The first-order valence-electron chi connectivity index (χ1n) is 9.32. The molecule has 1 unspecified atom stereocenters. The Morgan fingerprint density at radius 2 is 1.50 bits per heavy atom. The number of benzene rings is 1. The minimum Gasteiger partial charge on any atom is -0.481 e. The second-order valence-electron chi connectivity index (χ2n) is 7.55. The molecule has 0 heterocycles. The van der Waals surface area contributed by atoms with Crippen LogP contribution in [0.3, 0.4) is 0 Å². The topological polar surface area (TPSA) is 57.5 Å². The summed E-state index contributed by atoms with van der Waals surface area (Å²) in [4.78, 5) is 10.5. The highest BCUT2D eigenvalue weighted by molar-refractivity contribution is 5.66. The minimum absolute atomic E-state index is 0.272. The fraction of sp³-hybridized carbons (Fsp3) is 0.667. The average Bonchev–Trinajstić information content (AvgIpc) is 2.87. The van der Waals surface area contributed by atoms with Gasteiger partial charge in [0.25, 0.3) is 0 Å². The van der Waals surface area contributed by atoms with E-state index in [0.29, 0.717) is 0 Å². The van der Waals surface area contributed by atoms with Crippen LogP contribution in [0.15, 0.2) is 0 Å². The Bertz CT molecular complexity index is 618. The van der Waals surface area contributed by atoms with Gasteiger partial charge in [0.15, 0.2) is 0 Å². The molecule has 1 aromatic carbocycles.